The van der Waals surface area contributed by atoms with E-state index in [0.29, 0.717) is 0 Å². The van der Waals surface area contributed by atoms with Crippen molar-refractivity contribution in [2.75, 3.05) is 67.6 Å². The first-order valence-corrected chi connectivity index (χ1v) is 12.2. The van der Waals surface area contributed by atoms with Gasteiger partial charge in [-0.25, -0.2) is 4.98 Å². The molecule has 4 heterocycles. The molecule has 0 aliphatic carbocycles. The van der Waals surface area contributed by atoms with E-state index in [9.17, 15) is 4.79 Å². The molecule has 0 N–H and O–H groups in total. The van der Waals surface area contributed by atoms with Gasteiger partial charge in [0.25, 0.3) is 0 Å². The molecule has 6 nitrogen and oxygen atoms in total. The van der Waals surface area contributed by atoms with Crippen LogP contribution in [0.15, 0.2) is 42.6 Å². The number of hydrogen-bond acceptors (Lipinski definition) is 5. The van der Waals surface area contributed by atoms with E-state index >= 15 is 0 Å². The van der Waals surface area contributed by atoms with Gasteiger partial charge in [0.15, 0.2) is 0 Å². The lowest BCUT2D eigenvalue weighted by atomic mass is 9.96. The number of aromatic nitrogens is 1. The number of pyridine rings is 1. The first-order chi connectivity index (χ1) is 15.7. The summed E-state index contributed by atoms with van der Waals surface area (Å²) >= 11 is 0. The van der Waals surface area contributed by atoms with Gasteiger partial charge in [-0.15, -0.1) is 0 Å². The van der Waals surface area contributed by atoms with Crippen LogP contribution in [0.4, 0.5) is 17.2 Å². The Labute approximate surface area is 191 Å². The lowest BCUT2D eigenvalue weighted by Gasteiger charge is -2.35. The van der Waals surface area contributed by atoms with Crippen LogP contribution in [0.1, 0.15) is 31.2 Å². The summed E-state index contributed by atoms with van der Waals surface area (Å²) in [4.78, 5) is 27.1. The van der Waals surface area contributed by atoms with Crippen molar-refractivity contribution in [3.8, 4) is 0 Å². The van der Waals surface area contributed by atoms with Gasteiger partial charge in [-0.05, 0) is 62.9 Å². The lowest BCUT2D eigenvalue weighted by Crippen LogP contribution is -2.44. The Morgan fingerprint density at radius 3 is 2.41 bits per heavy atom. The van der Waals surface area contributed by atoms with Crippen LogP contribution in [0.2, 0.25) is 0 Å². The molecule has 0 bridgehead atoms. The van der Waals surface area contributed by atoms with E-state index in [1.165, 1.54) is 30.5 Å². The predicted molar refractivity (Wildman–Crippen MR) is 131 cm³/mol. The number of para-hydroxylation sites is 1. The Morgan fingerprint density at radius 2 is 1.66 bits per heavy atom. The van der Waals surface area contributed by atoms with Crippen molar-refractivity contribution in [3.05, 3.63) is 48.2 Å². The van der Waals surface area contributed by atoms with Gasteiger partial charge in [-0.3, -0.25) is 4.79 Å². The maximum atomic E-state index is 13.3. The summed E-state index contributed by atoms with van der Waals surface area (Å²) in [6, 6.07) is 12.8. The van der Waals surface area contributed by atoms with E-state index in [1.54, 1.807) is 0 Å². The monoisotopic (exact) mass is 432 g/mol. The number of amides is 1. The average molecular weight is 433 g/mol. The molecular weight excluding hydrogens is 397 g/mol. The molecule has 1 aromatic heterocycles. The van der Waals surface area contributed by atoms with Crippen LogP contribution < -0.4 is 14.7 Å². The first kappa shape index (κ1) is 21.3. The first-order valence-electron chi connectivity index (χ1n) is 12.2. The fraction of sp³-hybridized carbons (Fsp3) is 0.538. The molecule has 2 aromatic rings. The molecule has 5 rings (SSSR count). The molecule has 0 spiro atoms. The van der Waals surface area contributed by atoms with Crippen LogP contribution in [-0.2, 0) is 11.2 Å². The minimum absolute atomic E-state index is 0.0467. The van der Waals surface area contributed by atoms with Crippen molar-refractivity contribution < 1.29 is 4.79 Å². The number of hydrogen-bond donors (Lipinski definition) is 0. The highest BCUT2D eigenvalue weighted by Gasteiger charge is 2.33. The molecule has 32 heavy (non-hydrogen) atoms. The summed E-state index contributed by atoms with van der Waals surface area (Å²) in [5.74, 6) is 1.33. The highest BCUT2D eigenvalue weighted by atomic mass is 16.2. The van der Waals surface area contributed by atoms with Gasteiger partial charge >= 0.3 is 0 Å². The Bertz CT molecular complexity index is 916. The predicted octanol–water partition coefficient (Wildman–Crippen LogP) is 3.42. The van der Waals surface area contributed by atoms with E-state index in [1.807, 2.05) is 11.1 Å². The summed E-state index contributed by atoms with van der Waals surface area (Å²) in [7, 11) is 2.18. The zero-order chi connectivity index (χ0) is 21.9. The number of likely N-dealkylation sites (N-methyl/N-ethyl adjacent to an activating group) is 1. The van der Waals surface area contributed by atoms with E-state index in [2.05, 4.69) is 58.1 Å². The second-order valence-electron chi connectivity index (χ2n) is 9.52. The average Bonchev–Trinajstić information content (AvgIpc) is 3.20. The smallest absolute Gasteiger partial charge is 0.230 e. The fourth-order valence-corrected chi connectivity index (χ4v) is 5.34. The number of anilines is 3. The van der Waals surface area contributed by atoms with Crippen LogP contribution in [0.3, 0.4) is 0 Å². The third-order valence-electron chi connectivity index (χ3n) is 7.34. The molecular formula is C26H35N5O. The number of piperazine rings is 1. The van der Waals surface area contributed by atoms with Crippen LogP contribution >= 0.6 is 0 Å². The Kier molecular flexibility index (Phi) is 6.30. The normalized spacial score (nSPS) is 22.6. The Morgan fingerprint density at radius 1 is 0.875 bits per heavy atom. The van der Waals surface area contributed by atoms with Crippen LogP contribution in [0.5, 0.6) is 0 Å². The van der Waals surface area contributed by atoms with Crippen molar-refractivity contribution in [2.45, 2.75) is 32.1 Å². The second-order valence-corrected chi connectivity index (χ2v) is 9.52. The molecule has 3 aliphatic rings. The summed E-state index contributed by atoms with van der Waals surface area (Å²) < 4.78 is 0. The lowest BCUT2D eigenvalue weighted by molar-refractivity contribution is -0.120. The third kappa shape index (κ3) is 4.46. The molecule has 170 valence electrons. The quantitative estimate of drug-likeness (QED) is 0.724. The number of carbonyl (C=O) groups is 1. The minimum Gasteiger partial charge on any atom is -0.369 e. The Hall–Kier alpha value is -2.60. The molecule has 1 aromatic carbocycles. The van der Waals surface area contributed by atoms with Crippen molar-refractivity contribution in [1.29, 1.82) is 0 Å². The maximum absolute atomic E-state index is 13.3. The number of carbonyl (C=O) groups excluding carboxylic acids is 1. The van der Waals surface area contributed by atoms with Crippen molar-refractivity contribution >= 4 is 23.1 Å². The van der Waals surface area contributed by atoms with Gasteiger partial charge in [0.1, 0.15) is 5.82 Å². The van der Waals surface area contributed by atoms with Gasteiger partial charge in [-0.1, -0.05) is 18.2 Å². The maximum Gasteiger partial charge on any atom is 0.230 e. The molecule has 3 aliphatic heterocycles. The molecule has 3 fully saturated rings. The van der Waals surface area contributed by atoms with E-state index in [4.69, 9.17) is 4.98 Å². The second kappa shape index (κ2) is 9.49. The van der Waals surface area contributed by atoms with Gasteiger partial charge in [0.2, 0.25) is 5.91 Å². The van der Waals surface area contributed by atoms with Crippen LogP contribution in [0, 0.1) is 5.92 Å². The molecule has 1 atom stereocenters. The van der Waals surface area contributed by atoms with Gasteiger partial charge in [0, 0.05) is 57.4 Å². The highest BCUT2D eigenvalue weighted by molar-refractivity contribution is 5.97. The van der Waals surface area contributed by atoms with Gasteiger partial charge in [0.05, 0.1) is 11.9 Å². The third-order valence-corrected chi connectivity index (χ3v) is 7.34. The zero-order valence-electron chi connectivity index (χ0n) is 19.2. The summed E-state index contributed by atoms with van der Waals surface area (Å²) in [6.45, 7) is 7.23. The summed E-state index contributed by atoms with van der Waals surface area (Å²) in [5.41, 5.74) is 3.54. The molecule has 6 heteroatoms. The number of rotatable bonds is 5. The van der Waals surface area contributed by atoms with Crippen molar-refractivity contribution in [2.24, 2.45) is 5.92 Å². The van der Waals surface area contributed by atoms with Crippen LogP contribution in [0.25, 0.3) is 0 Å². The molecule has 3 saturated heterocycles. The van der Waals surface area contributed by atoms with Crippen LogP contribution in [-0.4, -0.2) is 68.7 Å². The van der Waals surface area contributed by atoms with Gasteiger partial charge in [-0.2, -0.15) is 0 Å². The number of nitrogens with zero attached hydrogens (tertiary/aromatic N) is 5. The van der Waals surface area contributed by atoms with E-state index in [0.717, 1.165) is 70.2 Å². The number of benzene rings is 1. The van der Waals surface area contributed by atoms with E-state index in [-0.39, 0.29) is 11.8 Å². The highest BCUT2D eigenvalue weighted by Crippen LogP contribution is 2.31. The molecule has 0 radical (unpaired) electrons. The topological polar surface area (TPSA) is 42.9 Å². The van der Waals surface area contributed by atoms with Gasteiger partial charge < -0.3 is 19.6 Å². The summed E-state index contributed by atoms with van der Waals surface area (Å²) in [5, 5.41) is 0. The molecule has 1 unspecified atom stereocenters. The van der Waals surface area contributed by atoms with Crippen molar-refractivity contribution in [3.63, 3.8) is 0 Å². The summed E-state index contributed by atoms with van der Waals surface area (Å²) in [6.07, 6.45) is 7.41. The SMILES string of the molecule is [11CH3]N1CCN(c2ccccc2CC2CCN(c3ccc(N4CCCCC4)nc3)C2=O)CC1. The number of piperidine rings is 1. The Balaban J connectivity index is 1.25. The van der Waals surface area contributed by atoms with Crippen molar-refractivity contribution in [1.82, 2.24) is 9.88 Å². The molecule has 0 saturated carbocycles. The zero-order valence-corrected chi connectivity index (χ0v) is 19.2. The largest absolute Gasteiger partial charge is 0.369 e. The fourth-order valence-electron chi connectivity index (χ4n) is 5.34. The standard InChI is InChI=1S/C26H35N5O/c1-28-15-17-29(18-16-28)24-8-4-3-7-21(24)19-22-11-14-31(26(22)32)23-9-10-25(27-20-23)30-12-5-2-6-13-30/h3-4,7-10,20,22H,2,5-6,11-19H2,1H3/i1-1. The molecule has 1 amide bonds. The minimum atomic E-state index is 0.0467. The van der Waals surface area contributed by atoms with E-state index < -0.39 is 0 Å².